The first-order valence-corrected chi connectivity index (χ1v) is 7.23. The minimum absolute atomic E-state index is 0.0349. The van der Waals surface area contributed by atoms with Gasteiger partial charge in [-0.05, 0) is 24.1 Å². The lowest BCUT2D eigenvalue weighted by molar-refractivity contribution is -0.119. The largest absolute Gasteiger partial charge is 0.497 e. The Morgan fingerprint density at radius 1 is 1.14 bits per heavy atom. The predicted molar refractivity (Wildman–Crippen MR) is 84.2 cm³/mol. The van der Waals surface area contributed by atoms with Gasteiger partial charge in [-0.1, -0.05) is 30.3 Å². The van der Waals surface area contributed by atoms with Crippen molar-refractivity contribution in [3.05, 3.63) is 59.7 Å². The van der Waals surface area contributed by atoms with Crippen LogP contribution < -0.4 is 10.1 Å². The Labute approximate surface area is 129 Å². The fraction of sp³-hybridized carbons (Fsp3) is 0.222. The van der Waals surface area contributed by atoms with Crippen LogP contribution in [-0.4, -0.2) is 18.8 Å². The van der Waals surface area contributed by atoms with E-state index in [2.05, 4.69) is 5.32 Å². The maximum Gasteiger partial charge on any atom is 0.228 e. The second-order valence-corrected chi connectivity index (χ2v) is 5.41. The third kappa shape index (κ3) is 2.86. The number of anilines is 1. The fourth-order valence-electron chi connectivity index (χ4n) is 2.77. The summed E-state index contributed by atoms with van der Waals surface area (Å²) >= 11 is 0. The van der Waals surface area contributed by atoms with E-state index in [4.69, 9.17) is 4.74 Å². The smallest absolute Gasteiger partial charge is 0.228 e. The third-order valence-electron chi connectivity index (χ3n) is 3.92. The predicted octanol–water partition coefficient (Wildman–Crippen LogP) is 3.08. The molecule has 2 aromatic carbocycles. The Morgan fingerprint density at radius 2 is 1.95 bits per heavy atom. The van der Waals surface area contributed by atoms with Crippen LogP contribution in [-0.2, 0) is 11.2 Å². The van der Waals surface area contributed by atoms with Crippen molar-refractivity contribution in [1.82, 2.24) is 0 Å². The first-order valence-electron chi connectivity index (χ1n) is 7.23. The second-order valence-electron chi connectivity index (χ2n) is 5.41. The van der Waals surface area contributed by atoms with Gasteiger partial charge < -0.3 is 10.1 Å². The van der Waals surface area contributed by atoms with E-state index in [1.165, 1.54) is 0 Å². The maximum atomic E-state index is 12.4. The number of fused-ring (bicyclic) bond motifs is 1. The molecule has 0 spiro atoms. The van der Waals surface area contributed by atoms with E-state index in [1.54, 1.807) is 19.2 Å². The SMILES string of the molecule is COc1cccc(NC(=O)C2CC(=O)c3ccccc3C2)c1. The number of benzene rings is 2. The van der Waals surface area contributed by atoms with Crippen molar-refractivity contribution in [3.63, 3.8) is 0 Å². The van der Waals surface area contributed by atoms with Crippen LogP contribution in [0.4, 0.5) is 5.69 Å². The summed E-state index contributed by atoms with van der Waals surface area (Å²) < 4.78 is 5.14. The quantitative estimate of drug-likeness (QED) is 0.946. The van der Waals surface area contributed by atoms with Crippen molar-refractivity contribution < 1.29 is 14.3 Å². The Hall–Kier alpha value is -2.62. The summed E-state index contributed by atoms with van der Waals surface area (Å²) in [5.74, 6) is 0.264. The zero-order valence-electron chi connectivity index (χ0n) is 12.3. The highest BCUT2D eigenvalue weighted by atomic mass is 16.5. The number of ether oxygens (including phenoxy) is 1. The lowest BCUT2D eigenvalue weighted by Gasteiger charge is -2.22. The van der Waals surface area contributed by atoms with Gasteiger partial charge in [-0.25, -0.2) is 0 Å². The van der Waals surface area contributed by atoms with Gasteiger partial charge in [0.1, 0.15) is 5.75 Å². The van der Waals surface area contributed by atoms with Crippen molar-refractivity contribution in [2.75, 3.05) is 12.4 Å². The lowest BCUT2D eigenvalue weighted by atomic mass is 9.82. The van der Waals surface area contributed by atoms with Gasteiger partial charge in [0.15, 0.2) is 5.78 Å². The third-order valence-corrected chi connectivity index (χ3v) is 3.92. The van der Waals surface area contributed by atoms with Gasteiger partial charge in [0.05, 0.1) is 7.11 Å². The minimum Gasteiger partial charge on any atom is -0.497 e. The zero-order chi connectivity index (χ0) is 15.5. The molecule has 1 aliphatic carbocycles. The standard InChI is InChI=1S/C18H17NO3/c1-22-15-7-4-6-14(11-15)19-18(21)13-9-12-5-2-3-8-16(12)17(20)10-13/h2-8,11,13H,9-10H2,1H3,(H,19,21). The van der Waals surface area contributed by atoms with Crippen LogP contribution in [0, 0.1) is 5.92 Å². The number of ketones is 1. The average Bonchev–Trinajstić information content (AvgIpc) is 2.55. The average molecular weight is 295 g/mol. The molecule has 0 heterocycles. The molecule has 0 saturated heterocycles. The Bertz CT molecular complexity index is 724. The van der Waals surface area contributed by atoms with E-state index in [9.17, 15) is 9.59 Å². The van der Waals surface area contributed by atoms with Gasteiger partial charge in [0.2, 0.25) is 5.91 Å². The molecule has 1 aliphatic rings. The normalized spacial score (nSPS) is 16.8. The molecule has 4 heteroatoms. The molecule has 1 unspecified atom stereocenters. The van der Waals surface area contributed by atoms with Gasteiger partial charge in [-0.3, -0.25) is 9.59 Å². The summed E-state index contributed by atoms with van der Waals surface area (Å²) in [5, 5.41) is 2.87. The van der Waals surface area contributed by atoms with E-state index in [-0.39, 0.29) is 24.0 Å². The van der Waals surface area contributed by atoms with Crippen LogP contribution in [0.1, 0.15) is 22.3 Å². The summed E-state index contributed by atoms with van der Waals surface area (Å²) in [6, 6.07) is 14.7. The number of carbonyl (C=O) groups is 2. The fourth-order valence-corrected chi connectivity index (χ4v) is 2.77. The van der Waals surface area contributed by atoms with E-state index in [0.29, 0.717) is 17.9 Å². The van der Waals surface area contributed by atoms with E-state index >= 15 is 0 Å². The van der Waals surface area contributed by atoms with Gasteiger partial charge in [0.25, 0.3) is 0 Å². The number of hydrogen-bond acceptors (Lipinski definition) is 3. The second kappa shape index (κ2) is 6.02. The number of methoxy groups -OCH3 is 1. The van der Waals surface area contributed by atoms with Crippen LogP contribution in [0.5, 0.6) is 5.75 Å². The number of amides is 1. The highest BCUT2D eigenvalue weighted by Crippen LogP contribution is 2.27. The van der Waals surface area contributed by atoms with Crippen molar-refractivity contribution in [2.45, 2.75) is 12.8 Å². The van der Waals surface area contributed by atoms with Crippen molar-refractivity contribution >= 4 is 17.4 Å². The molecule has 1 N–H and O–H groups in total. The molecule has 3 rings (SSSR count). The first kappa shape index (κ1) is 14.3. The number of Topliss-reactive ketones (excluding diaryl/α,β-unsaturated/α-hetero) is 1. The summed E-state index contributed by atoms with van der Waals surface area (Å²) in [6.07, 6.45) is 0.852. The van der Waals surface area contributed by atoms with Crippen molar-refractivity contribution in [1.29, 1.82) is 0 Å². The van der Waals surface area contributed by atoms with Crippen molar-refractivity contribution in [2.24, 2.45) is 5.92 Å². The molecular formula is C18H17NO3. The van der Waals surface area contributed by atoms with Crippen LogP contribution >= 0.6 is 0 Å². The van der Waals surface area contributed by atoms with Crippen LogP contribution in [0.3, 0.4) is 0 Å². The maximum absolute atomic E-state index is 12.4. The topological polar surface area (TPSA) is 55.4 Å². The van der Waals surface area contributed by atoms with Gasteiger partial charge in [-0.2, -0.15) is 0 Å². The zero-order valence-corrected chi connectivity index (χ0v) is 12.3. The number of rotatable bonds is 3. The monoisotopic (exact) mass is 295 g/mol. The molecule has 0 fully saturated rings. The lowest BCUT2D eigenvalue weighted by Crippen LogP contribution is -2.30. The molecule has 22 heavy (non-hydrogen) atoms. The Balaban J connectivity index is 1.75. The van der Waals surface area contributed by atoms with Gasteiger partial charge >= 0.3 is 0 Å². The van der Waals surface area contributed by atoms with Crippen molar-refractivity contribution in [3.8, 4) is 5.75 Å². The van der Waals surface area contributed by atoms with E-state index in [1.807, 2.05) is 36.4 Å². The molecule has 1 amide bonds. The summed E-state index contributed by atoms with van der Waals surface area (Å²) in [4.78, 5) is 24.6. The van der Waals surface area contributed by atoms with E-state index in [0.717, 1.165) is 11.1 Å². The molecule has 0 aromatic heterocycles. The number of hydrogen-bond donors (Lipinski definition) is 1. The molecule has 112 valence electrons. The summed E-state index contributed by atoms with van der Waals surface area (Å²) in [6.45, 7) is 0. The Kier molecular flexibility index (Phi) is 3.92. The molecular weight excluding hydrogens is 278 g/mol. The molecule has 1 atom stereocenters. The highest BCUT2D eigenvalue weighted by Gasteiger charge is 2.29. The van der Waals surface area contributed by atoms with Crippen LogP contribution in [0.2, 0.25) is 0 Å². The van der Waals surface area contributed by atoms with Gasteiger partial charge in [-0.15, -0.1) is 0 Å². The summed E-state index contributed by atoms with van der Waals surface area (Å²) in [7, 11) is 1.58. The van der Waals surface area contributed by atoms with Crippen LogP contribution in [0.15, 0.2) is 48.5 Å². The van der Waals surface area contributed by atoms with E-state index < -0.39 is 0 Å². The molecule has 0 bridgehead atoms. The number of nitrogens with one attached hydrogen (secondary N) is 1. The first-order chi connectivity index (χ1) is 10.7. The minimum atomic E-state index is -0.325. The van der Waals surface area contributed by atoms with Gasteiger partial charge in [0, 0.05) is 29.7 Å². The molecule has 4 nitrogen and oxygen atoms in total. The van der Waals surface area contributed by atoms with Crippen LogP contribution in [0.25, 0.3) is 0 Å². The molecule has 0 saturated carbocycles. The molecule has 0 radical (unpaired) electrons. The Morgan fingerprint density at radius 3 is 2.77 bits per heavy atom. The molecule has 2 aromatic rings. The summed E-state index contributed by atoms with van der Waals surface area (Å²) in [5.41, 5.74) is 2.37. The number of carbonyl (C=O) groups excluding carboxylic acids is 2. The highest BCUT2D eigenvalue weighted by molar-refractivity contribution is 6.03. The molecule has 0 aliphatic heterocycles.